The number of nitrogen functional groups attached to an aromatic ring is 1. The predicted octanol–water partition coefficient (Wildman–Crippen LogP) is 3.64. The Labute approximate surface area is 144 Å². The molecule has 0 heterocycles. The van der Waals surface area contributed by atoms with Gasteiger partial charge >= 0.3 is 0 Å². The van der Waals surface area contributed by atoms with E-state index in [1.807, 2.05) is 36.4 Å². The first-order valence-corrected chi connectivity index (χ1v) is 7.56. The van der Waals surface area contributed by atoms with Crippen molar-refractivity contribution in [3.63, 3.8) is 0 Å². The van der Waals surface area contributed by atoms with Crippen molar-refractivity contribution in [1.29, 1.82) is 0 Å². The highest BCUT2D eigenvalue weighted by Crippen LogP contribution is 2.25. The minimum absolute atomic E-state index is 0. The van der Waals surface area contributed by atoms with Crippen LogP contribution in [0.5, 0.6) is 0 Å². The Hall–Kier alpha value is -2.00. The summed E-state index contributed by atoms with van der Waals surface area (Å²) in [6.07, 6.45) is 0.379. The molecule has 2 aromatic rings. The van der Waals surface area contributed by atoms with Crippen LogP contribution in [0.3, 0.4) is 0 Å². The number of nitrogens with two attached hydrogens (primary N) is 1. The second-order valence-electron chi connectivity index (χ2n) is 6.39. The Morgan fingerprint density at radius 3 is 2.30 bits per heavy atom. The van der Waals surface area contributed by atoms with E-state index >= 15 is 0 Å². The first kappa shape index (κ1) is 19.0. The molecule has 0 fully saturated rings. The van der Waals surface area contributed by atoms with Crippen LogP contribution in [0.2, 0.25) is 0 Å². The average Bonchev–Trinajstić information content (AvgIpc) is 2.48. The van der Waals surface area contributed by atoms with Gasteiger partial charge in [0.15, 0.2) is 0 Å². The highest BCUT2D eigenvalue weighted by Gasteiger charge is 2.22. The van der Waals surface area contributed by atoms with Gasteiger partial charge in [0.2, 0.25) is 5.91 Å². The molecule has 1 amide bonds. The van der Waals surface area contributed by atoms with Crippen molar-refractivity contribution in [1.82, 2.24) is 5.32 Å². The largest absolute Gasteiger partial charge is 0.399 e. The first-order valence-electron chi connectivity index (χ1n) is 7.56. The molecule has 0 aliphatic heterocycles. The zero-order valence-corrected chi connectivity index (χ0v) is 14.7. The van der Waals surface area contributed by atoms with Crippen LogP contribution in [0.4, 0.5) is 5.69 Å². The summed E-state index contributed by atoms with van der Waals surface area (Å²) in [7, 11) is 0. The van der Waals surface area contributed by atoms with E-state index in [2.05, 4.69) is 38.2 Å². The third kappa shape index (κ3) is 5.29. The molecule has 4 heteroatoms. The minimum Gasteiger partial charge on any atom is -0.399 e. The third-order valence-corrected chi connectivity index (χ3v) is 3.95. The molecule has 0 aliphatic rings. The summed E-state index contributed by atoms with van der Waals surface area (Å²) in [5.41, 5.74) is 9.76. The van der Waals surface area contributed by atoms with E-state index in [9.17, 15) is 4.79 Å². The summed E-state index contributed by atoms with van der Waals surface area (Å²) in [4.78, 5) is 12.1. The lowest BCUT2D eigenvalue weighted by atomic mass is 9.82. The zero-order valence-electron chi connectivity index (χ0n) is 13.9. The van der Waals surface area contributed by atoms with Crippen molar-refractivity contribution in [3.05, 3.63) is 65.2 Å². The zero-order chi connectivity index (χ0) is 16.2. The molecule has 0 saturated carbocycles. The van der Waals surface area contributed by atoms with E-state index in [1.165, 1.54) is 11.1 Å². The second kappa shape index (κ2) is 8.02. The van der Waals surface area contributed by atoms with Crippen LogP contribution in [-0.4, -0.2) is 12.5 Å². The standard InChI is InChI=1S/C19H24N2O.ClH/c1-14-6-4-5-7-17(14)19(2,3)13-21-18(22)12-15-8-10-16(20)11-9-15;/h4-11H,12-13,20H2,1-3H3,(H,21,22);1H. The lowest BCUT2D eigenvalue weighted by Gasteiger charge is -2.27. The van der Waals surface area contributed by atoms with Crippen LogP contribution in [-0.2, 0) is 16.6 Å². The van der Waals surface area contributed by atoms with Crippen LogP contribution >= 0.6 is 12.4 Å². The number of carbonyl (C=O) groups is 1. The van der Waals surface area contributed by atoms with Gasteiger partial charge in [0.05, 0.1) is 6.42 Å². The monoisotopic (exact) mass is 332 g/mol. The van der Waals surface area contributed by atoms with Crippen LogP contribution < -0.4 is 11.1 Å². The Morgan fingerprint density at radius 2 is 1.70 bits per heavy atom. The highest BCUT2D eigenvalue weighted by atomic mass is 35.5. The third-order valence-electron chi connectivity index (χ3n) is 3.95. The molecule has 0 aliphatic carbocycles. The molecule has 2 aromatic carbocycles. The van der Waals surface area contributed by atoms with Gasteiger partial charge in [-0.25, -0.2) is 0 Å². The fraction of sp³-hybridized carbons (Fsp3) is 0.316. The maximum absolute atomic E-state index is 12.1. The average molecular weight is 333 g/mol. The fourth-order valence-corrected chi connectivity index (χ4v) is 2.63. The van der Waals surface area contributed by atoms with Crippen molar-refractivity contribution < 1.29 is 4.79 Å². The molecular weight excluding hydrogens is 308 g/mol. The smallest absolute Gasteiger partial charge is 0.224 e. The van der Waals surface area contributed by atoms with Gasteiger partial charge in [-0.05, 0) is 35.7 Å². The van der Waals surface area contributed by atoms with E-state index < -0.39 is 0 Å². The molecule has 2 rings (SSSR count). The Bertz CT molecular complexity index is 651. The van der Waals surface area contributed by atoms with Crippen molar-refractivity contribution in [3.8, 4) is 0 Å². The van der Waals surface area contributed by atoms with Gasteiger partial charge in [0.1, 0.15) is 0 Å². The van der Waals surface area contributed by atoms with E-state index in [0.717, 1.165) is 5.56 Å². The van der Waals surface area contributed by atoms with Gasteiger partial charge in [-0.1, -0.05) is 50.2 Å². The number of amides is 1. The number of halogens is 1. The minimum atomic E-state index is -0.0951. The van der Waals surface area contributed by atoms with E-state index in [-0.39, 0.29) is 23.7 Å². The molecule has 0 radical (unpaired) electrons. The van der Waals surface area contributed by atoms with Gasteiger partial charge in [0.25, 0.3) is 0 Å². The number of aryl methyl sites for hydroxylation is 1. The summed E-state index contributed by atoms with van der Waals surface area (Å²) in [6.45, 7) is 7.02. The lowest BCUT2D eigenvalue weighted by Crippen LogP contribution is -2.37. The molecular formula is C19H25ClN2O. The molecule has 0 unspecified atom stereocenters. The Kier molecular flexibility index (Phi) is 6.64. The van der Waals surface area contributed by atoms with Crippen LogP contribution in [0.15, 0.2) is 48.5 Å². The van der Waals surface area contributed by atoms with Gasteiger partial charge < -0.3 is 11.1 Å². The number of carbonyl (C=O) groups excluding carboxylic acids is 1. The lowest BCUT2D eigenvalue weighted by molar-refractivity contribution is -0.120. The number of benzene rings is 2. The summed E-state index contributed by atoms with van der Waals surface area (Å²) in [5.74, 6) is 0.0337. The number of hydrogen-bond donors (Lipinski definition) is 2. The van der Waals surface area contributed by atoms with E-state index in [4.69, 9.17) is 5.73 Å². The van der Waals surface area contributed by atoms with Crippen LogP contribution in [0.25, 0.3) is 0 Å². The van der Waals surface area contributed by atoms with Gasteiger partial charge in [0, 0.05) is 17.6 Å². The molecule has 0 saturated heterocycles. The number of rotatable bonds is 5. The number of hydrogen-bond acceptors (Lipinski definition) is 2. The van der Waals surface area contributed by atoms with Crippen molar-refractivity contribution >= 4 is 24.0 Å². The summed E-state index contributed by atoms with van der Waals surface area (Å²) in [5, 5.41) is 3.04. The van der Waals surface area contributed by atoms with Crippen molar-refractivity contribution in [2.24, 2.45) is 0 Å². The van der Waals surface area contributed by atoms with Crippen LogP contribution in [0.1, 0.15) is 30.5 Å². The van der Waals surface area contributed by atoms with Crippen molar-refractivity contribution in [2.75, 3.05) is 12.3 Å². The second-order valence-corrected chi connectivity index (χ2v) is 6.39. The predicted molar refractivity (Wildman–Crippen MR) is 99.0 cm³/mol. The molecule has 0 bridgehead atoms. The Morgan fingerprint density at radius 1 is 1.09 bits per heavy atom. The molecule has 0 aromatic heterocycles. The molecule has 0 spiro atoms. The maximum atomic E-state index is 12.1. The maximum Gasteiger partial charge on any atom is 0.224 e. The molecule has 23 heavy (non-hydrogen) atoms. The summed E-state index contributed by atoms with van der Waals surface area (Å²) >= 11 is 0. The molecule has 124 valence electrons. The molecule has 0 atom stereocenters. The normalized spacial score (nSPS) is 10.7. The first-order chi connectivity index (χ1) is 10.4. The topological polar surface area (TPSA) is 55.1 Å². The van der Waals surface area contributed by atoms with Gasteiger partial charge in [-0.15, -0.1) is 12.4 Å². The van der Waals surface area contributed by atoms with E-state index in [0.29, 0.717) is 18.7 Å². The SMILES string of the molecule is Cc1ccccc1C(C)(C)CNC(=O)Cc1ccc(N)cc1.Cl. The fourth-order valence-electron chi connectivity index (χ4n) is 2.63. The Balaban J connectivity index is 0.00000264. The van der Waals surface area contributed by atoms with E-state index in [1.54, 1.807) is 0 Å². The quantitative estimate of drug-likeness (QED) is 0.821. The highest BCUT2D eigenvalue weighted by molar-refractivity contribution is 5.85. The molecule has 3 nitrogen and oxygen atoms in total. The van der Waals surface area contributed by atoms with Crippen LogP contribution in [0, 0.1) is 6.92 Å². The number of nitrogens with one attached hydrogen (secondary N) is 1. The summed E-state index contributed by atoms with van der Waals surface area (Å²) < 4.78 is 0. The summed E-state index contributed by atoms with van der Waals surface area (Å²) in [6, 6.07) is 15.7. The van der Waals surface area contributed by atoms with Crippen molar-refractivity contribution in [2.45, 2.75) is 32.6 Å². The van der Waals surface area contributed by atoms with Gasteiger partial charge in [-0.2, -0.15) is 0 Å². The molecule has 3 N–H and O–H groups in total. The number of anilines is 1. The van der Waals surface area contributed by atoms with Gasteiger partial charge in [-0.3, -0.25) is 4.79 Å².